The van der Waals surface area contributed by atoms with E-state index in [4.69, 9.17) is 0 Å². The fourth-order valence-corrected chi connectivity index (χ4v) is 5.05. The predicted octanol–water partition coefficient (Wildman–Crippen LogP) is 6.52. The molecule has 0 aliphatic rings. The van der Waals surface area contributed by atoms with Crippen LogP contribution in [0.4, 0.5) is 18.9 Å². The molecule has 2 aromatic carbocycles. The zero-order valence-corrected chi connectivity index (χ0v) is 19.0. The molecule has 0 saturated carbocycles. The first-order valence-electron chi connectivity index (χ1n) is 10.0. The molecule has 170 valence electrons. The summed E-state index contributed by atoms with van der Waals surface area (Å²) in [6, 6.07) is 17.5. The summed E-state index contributed by atoms with van der Waals surface area (Å²) in [6.45, 7) is 2.56. The highest BCUT2D eigenvalue weighted by atomic mass is 32.2. The topological polar surface area (TPSA) is 59.8 Å². The largest absolute Gasteiger partial charge is 0.416 e. The molecule has 1 unspecified atom stereocenters. The molecule has 0 spiro atoms. The Kier molecular flexibility index (Phi) is 6.85. The van der Waals surface area contributed by atoms with Crippen molar-refractivity contribution in [1.82, 2.24) is 14.8 Å². The van der Waals surface area contributed by atoms with Crippen molar-refractivity contribution in [1.29, 1.82) is 0 Å². The summed E-state index contributed by atoms with van der Waals surface area (Å²) in [5.74, 6) is 0.258. The Morgan fingerprint density at radius 2 is 1.88 bits per heavy atom. The first-order valence-corrected chi connectivity index (χ1v) is 11.8. The van der Waals surface area contributed by atoms with E-state index in [9.17, 15) is 18.0 Å². The van der Waals surface area contributed by atoms with Gasteiger partial charge in [0.15, 0.2) is 11.0 Å². The Labute approximate surface area is 196 Å². The van der Waals surface area contributed by atoms with Gasteiger partial charge < -0.3 is 9.88 Å². The summed E-state index contributed by atoms with van der Waals surface area (Å²) >= 11 is 2.75. The van der Waals surface area contributed by atoms with Gasteiger partial charge >= 0.3 is 6.18 Å². The summed E-state index contributed by atoms with van der Waals surface area (Å²) in [6.07, 6.45) is -4.50. The Bertz CT molecular complexity index is 1220. The van der Waals surface area contributed by atoms with Crippen LogP contribution in [0.25, 0.3) is 10.7 Å². The second-order valence-electron chi connectivity index (χ2n) is 7.00. The fraction of sp³-hybridized carbons (Fsp3) is 0.174. The SMILES string of the molecule is CCn1c(SC(C(=O)Nc2cccc(C(F)(F)F)c2)c2ccccc2)nnc1-c1cccs1. The van der Waals surface area contributed by atoms with Gasteiger partial charge in [0.1, 0.15) is 5.25 Å². The normalized spacial score (nSPS) is 12.5. The summed E-state index contributed by atoms with van der Waals surface area (Å²) in [4.78, 5) is 14.2. The van der Waals surface area contributed by atoms with Crippen molar-refractivity contribution in [2.45, 2.75) is 30.1 Å². The molecule has 1 atom stereocenters. The Balaban J connectivity index is 1.64. The minimum atomic E-state index is -4.50. The van der Waals surface area contributed by atoms with Gasteiger partial charge in [-0.05, 0) is 42.1 Å². The van der Waals surface area contributed by atoms with Crippen LogP contribution in [0.5, 0.6) is 0 Å². The molecule has 1 amide bonds. The minimum Gasteiger partial charge on any atom is -0.325 e. The number of nitrogens with one attached hydrogen (secondary N) is 1. The van der Waals surface area contributed by atoms with E-state index in [1.807, 2.05) is 47.2 Å². The van der Waals surface area contributed by atoms with Crippen molar-refractivity contribution >= 4 is 34.7 Å². The molecule has 0 radical (unpaired) electrons. The van der Waals surface area contributed by atoms with Gasteiger partial charge in [0.05, 0.1) is 10.4 Å². The average Bonchev–Trinajstić information content (AvgIpc) is 3.47. The van der Waals surface area contributed by atoms with Gasteiger partial charge in [0, 0.05) is 12.2 Å². The van der Waals surface area contributed by atoms with Crippen molar-refractivity contribution in [3.63, 3.8) is 0 Å². The summed E-state index contributed by atoms with van der Waals surface area (Å²) in [5, 5.41) is 13.0. The van der Waals surface area contributed by atoms with Crippen LogP contribution in [0.2, 0.25) is 0 Å². The van der Waals surface area contributed by atoms with Crippen LogP contribution < -0.4 is 5.32 Å². The lowest BCUT2D eigenvalue weighted by Gasteiger charge is -2.18. The Hall–Kier alpha value is -3.11. The summed E-state index contributed by atoms with van der Waals surface area (Å²) in [7, 11) is 0. The fourth-order valence-electron chi connectivity index (χ4n) is 3.24. The summed E-state index contributed by atoms with van der Waals surface area (Å²) < 4.78 is 41.2. The van der Waals surface area contributed by atoms with Crippen LogP contribution in [0.1, 0.15) is 23.3 Å². The molecule has 33 heavy (non-hydrogen) atoms. The second-order valence-corrected chi connectivity index (χ2v) is 9.02. The molecule has 0 bridgehead atoms. The van der Waals surface area contributed by atoms with E-state index in [1.165, 1.54) is 23.9 Å². The maximum absolute atomic E-state index is 13.2. The molecule has 0 saturated heterocycles. The van der Waals surface area contributed by atoms with Crippen molar-refractivity contribution in [2.75, 3.05) is 5.32 Å². The third kappa shape index (κ3) is 5.28. The van der Waals surface area contributed by atoms with Gasteiger partial charge in [-0.15, -0.1) is 21.5 Å². The molecule has 2 aromatic heterocycles. The van der Waals surface area contributed by atoms with Gasteiger partial charge in [-0.2, -0.15) is 13.2 Å². The smallest absolute Gasteiger partial charge is 0.325 e. The summed E-state index contributed by atoms with van der Waals surface area (Å²) in [5.41, 5.74) is -0.0431. The van der Waals surface area contributed by atoms with E-state index in [0.29, 0.717) is 23.1 Å². The highest BCUT2D eigenvalue weighted by Crippen LogP contribution is 2.38. The van der Waals surface area contributed by atoms with Gasteiger partial charge in [-0.1, -0.05) is 54.2 Å². The van der Waals surface area contributed by atoms with Crippen LogP contribution in [0.3, 0.4) is 0 Å². The van der Waals surface area contributed by atoms with Crippen LogP contribution in [0.15, 0.2) is 77.3 Å². The van der Waals surface area contributed by atoms with E-state index in [0.717, 1.165) is 17.0 Å². The molecule has 1 N–H and O–H groups in total. The number of hydrogen-bond donors (Lipinski definition) is 1. The lowest BCUT2D eigenvalue weighted by atomic mass is 10.1. The van der Waals surface area contributed by atoms with E-state index in [-0.39, 0.29) is 5.69 Å². The van der Waals surface area contributed by atoms with E-state index in [2.05, 4.69) is 15.5 Å². The number of halogens is 3. The monoisotopic (exact) mass is 488 g/mol. The average molecular weight is 489 g/mol. The molecule has 4 rings (SSSR count). The van der Waals surface area contributed by atoms with Crippen LogP contribution in [-0.4, -0.2) is 20.7 Å². The van der Waals surface area contributed by atoms with Crippen molar-refractivity contribution < 1.29 is 18.0 Å². The van der Waals surface area contributed by atoms with Gasteiger partial charge in [-0.25, -0.2) is 0 Å². The quantitative estimate of drug-likeness (QED) is 0.301. The van der Waals surface area contributed by atoms with E-state index in [1.54, 1.807) is 23.5 Å². The number of thioether (sulfide) groups is 1. The third-order valence-corrected chi connectivity index (χ3v) is 6.90. The number of amides is 1. The van der Waals surface area contributed by atoms with Crippen LogP contribution >= 0.6 is 23.1 Å². The number of benzene rings is 2. The molecule has 5 nitrogen and oxygen atoms in total. The number of carbonyl (C=O) groups is 1. The first-order chi connectivity index (χ1) is 15.9. The third-order valence-electron chi connectivity index (χ3n) is 4.80. The number of thiophene rings is 1. The lowest BCUT2D eigenvalue weighted by Crippen LogP contribution is -2.20. The Morgan fingerprint density at radius 1 is 1.09 bits per heavy atom. The van der Waals surface area contributed by atoms with E-state index >= 15 is 0 Å². The van der Waals surface area contributed by atoms with Crippen LogP contribution in [0, 0.1) is 0 Å². The molecular weight excluding hydrogens is 469 g/mol. The van der Waals surface area contributed by atoms with Crippen molar-refractivity contribution in [3.8, 4) is 10.7 Å². The molecule has 0 aliphatic heterocycles. The predicted molar refractivity (Wildman–Crippen MR) is 124 cm³/mol. The molecular formula is C23H19F3N4OS2. The molecule has 2 heterocycles. The van der Waals surface area contributed by atoms with Crippen LogP contribution in [-0.2, 0) is 17.5 Å². The number of carbonyl (C=O) groups excluding carboxylic acids is 1. The zero-order valence-electron chi connectivity index (χ0n) is 17.4. The Morgan fingerprint density at radius 3 is 2.55 bits per heavy atom. The highest BCUT2D eigenvalue weighted by molar-refractivity contribution is 8.00. The lowest BCUT2D eigenvalue weighted by molar-refractivity contribution is -0.137. The number of anilines is 1. The highest BCUT2D eigenvalue weighted by Gasteiger charge is 2.31. The number of rotatable bonds is 7. The number of alkyl halides is 3. The molecule has 0 fully saturated rings. The van der Waals surface area contributed by atoms with Gasteiger partial charge in [0.25, 0.3) is 0 Å². The first kappa shape index (κ1) is 23.1. The number of aromatic nitrogens is 3. The van der Waals surface area contributed by atoms with E-state index < -0.39 is 22.9 Å². The molecule has 4 aromatic rings. The second kappa shape index (κ2) is 9.80. The van der Waals surface area contributed by atoms with Crippen molar-refractivity contribution in [2.24, 2.45) is 0 Å². The minimum absolute atomic E-state index is 0.0765. The molecule has 10 heteroatoms. The zero-order chi connectivity index (χ0) is 23.4. The maximum Gasteiger partial charge on any atom is 0.416 e. The number of nitrogens with zero attached hydrogens (tertiary/aromatic N) is 3. The number of hydrogen-bond acceptors (Lipinski definition) is 5. The maximum atomic E-state index is 13.2. The van der Waals surface area contributed by atoms with Gasteiger partial charge in [-0.3, -0.25) is 4.79 Å². The molecule has 0 aliphatic carbocycles. The van der Waals surface area contributed by atoms with Gasteiger partial charge in [0.2, 0.25) is 5.91 Å². The van der Waals surface area contributed by atoms with Crippen molar-refractivity contribution in [3.05, 3.63) is 83.2 Å². The standard InChI is InChI=1S/C23H19F3N4OS2/c1-2-30-20(18-12-7-13-32-18)28-29-22(30)33-19(15-8-4-3-5-9-15)21(31)27-17-11-6-10-16(14-17)23(24,25)26/h3-14,19H,2H2,1H3,(H,27,31).